The van der Waals surface area contributed by atoms with Crippen molar-refractivity contribution in [2.24, 2.45) is 5.10 Å². The summed E-state index contributed by atoms with van der Waals surface area (Å²) in [6, 6.07) is 7.41. The van der Waals surface area contributed by atoms with Crippen LogP contribution >= 0.6 is 22.7 Å². The van der Waals surface area contributed by atoms with Gasteiger partial charge in [-0.2, -0.15) is 18.3 Å². The van der Waals surface area contributed by atoms with Crippen LogP contribution in [0.25, 0.3) is 10.4 Å². The molecule has 3 rings (SSSR count). The molecule has 0 fully saturated rings. The molecule has 0 spiro atoms. The van der Waals surface area contributed by atoms with Crippen LogP contribution in [-0.2, 0) is 15.7 Å². The summed E-state index contributed by atoms with van der Waals surface area (Å²) in [5, 5.41) is 16.3. The van der Waals surface area contributed by atoms with Crippen LogP contribution in [0.15, 0.2) is 46.9 Å². The van der Waals surface area contributed by atoms with Gasteiger partial charge in [0.2, 0.25) is 0 Å². The summed E-state index contributed by atoms with van der Waals surface area (Å²) in [4.78, 5) is 39.5. The van der Waals surface area contributed by atoms with E-state index in [1.54, 1.807) is 40.1 Å². The predicted molar refractivity (Wildman–Crippen MR) is 148 cm³/mol. The molecule has 0 aliphatic carbocycles. The fourth-order valence-electron chi connectivity index (χ4n) is 3.39. The average Bonchev–Trinajstić information content (AvgIpc) is 3.51. The summed E-state index contributed by atoms with van der Waals surface area (Å²) in [7, 11) is 1.55. The molecule has 0 aliphatic rings. The summed E-state index contributed by atoms with van der Waals surface area (Å²) in [6.07, 6.45) is -4.43. The quantitative estimate of drug-likeness (QED) is 0.184. The Labute approximate surface area is 237 Å². The number of nitrogens with one attached hydrogen (secondary N) is 1. The molecular weight excluding hydrogens is 567 g/mol. The fourth-order valence-corrected chi connectivity index (χ4v) is 5.29. The molecule has 8 nitrogen and oxygen atoms in total. The number of ether oxygens (including phenoxy) is 1. The molecule has 0 unspecified atom stereocenters. The number of alkyl halides is 3. The highest BCUT2D eigenvalue weighted by Gasteiger charge is 2.30. The summed E-state index contributed by atoms with van der Waals surface area (Å²) in [5.74, 6) is -1.52. The molecule has 1 aromatic carbocycles. The number of thiophene rings is 2. The van der Waals surface area contributed by atoms with Crippen LogP contribution in [0.3, 0.4) is 0 Å². The molecule has 0 radical (unpaired) electrons. The molecule has 0 aliphatic heterocycles. The number of hydrogen-bond donors (Lipinski definition) is 2. The Hall–Kier alpha value is -3.71. The van der Waals surface area contributed by atoms with Crippen molar-refractivity contribution in [3.8, 4) is 16.2 Å². The van der Waals surface area contributed by atoms with E-state index < -0.39 is 29.2 Å². The van der Waals surface area contributed by atoms with E-state index in [4.69, 9.17) is 4.74 Å². The van der Waals surface area contributed by atoms with Crippen LogP contribution in [0.4, 0.5) is 13.2 Å². The van der Waals surface area contributed by atoms with E-state index in [0.29, 0.717) is 20.9 Å². The van der Waals surface area contributed by atoms with Crippen molar-refractivity contribution in [2.45, 2.75) is 45.9 Å². The number of rotatable bonds is 8. The summed E-state index contributed by atoms with van der Waals surface area (Å²) >= 11 is 2.09. The highest BCUT2D eigenvalue weighted by molar-refractivity contribution is 7.16. The van der Waals surface area contributed by atoms with Crippen molar-refractivity contribution in [1.29, 1.82) is 0 Å². The highest BCUT2D eigenvalue weighted by Crippen LogP contribution is 2.40. The molecule has 0 saturated heterocycles. The molecule has 2 heterocycles. The molecule has 13 heteroatoms. The lowest BCUT2D eigenvalue weighted by atomic mass is 10.1. The largest absolute Gasteiger partial charge is 0.506 e. The van der Waals surface area contributed by atoms with E-state index in [0.717, 1.165) is 34.8 Å². The molecule has 40 heavy (non-hydrogen) atoms. The molecule has 214 valence electrons. The van der Waals surface area contributed by atoms with Gasteiger partial charge in [-0.05, 0) is 57.5 Å². The molecule has 2 amide bonds. The van der Waals surface area contributed by atoms with Gasteiger partial charge < -0.3 is 14.7 Å². The maximum atomic E-state index is 12.8. The number of hydrazone groups is 1. The van der Waals surface area contributed by atoms with E-state index in [-0.39, 0.29) is 35.2 Å². The Morgan fingerprint density at radius 3 is 2.27 bits per heavy atom. The van der Waals surface area contributed by atoms with Crippen LogP contribution in [0.5, 0.6) is 5.75 Å². The Morgan fingerprint density at radius 2 is 1.68 bits per heavy atom. The number of aromatic hydroxyl groups is 1. The number of hydrogen-bond acceptors (Lipinski definition) is 8. The van der Waals surface area contributed by atoms with Gasteiger partial charge >= 0.3 is 12.1 Å². The van der Waals surface area contributed by atoms with E-state index in [9.17, 15) is 32.7 Å². The Bertz CT molecular complexity index is 1420. The van der Waals surface area contributed by atoms with E-state index in [1.807, 2.05) is 0 Å². The third kappa shape index (κ3) is 7.92. The molecular formula is C27H28F3N3O5S2. The summed E-state index contributed by atoms with van der Waals surface area (Å²) in [6.45, 7) is 6.98. The van der Waals surface area contributed by atoms with Gasteiger partial charge in [0, 0.05) is 19.0 Å². The molecule has 0 atom stereocenters. The molecule has 3 aromatic rings. The van der Waals surface area contributed by atoms with Gasteiger partial charge in [-0.15, -0.1) is 22.7 Å². The lowest BCUT2D eigenvalue weighted by molar-refractivity contribution is -0.155. The van der Waals surface area contributed by atoms with Gasteiger partial charge in [0.05, 0.1) is 37.9 Å². The van der Waals surface area contributed by atoms with Crippen LogP contribution in [0, 0.1) is 0 Å². The minimum absolute atomic E-state index is 0.0300. The lowest BCUT2D eigenvalue weighted by Gasteiger charge is -2.21. The van der Waals surface area contributed by atoms with Crippen LogP contribution < -0.4 is 5.43 Å². The maximum absolute atomic E-state index is 12.8. The first-order chi connectivity index (χ1) is 18.6. The third-order valence-electron chi connectivity index (χ3n) is 5.41. The van der Waals surface area contributed by atoms with Gasteiger partial charge in [-0.3, -0.25) is 14.4 Å². The van der Waals surface area contributed by atoms with Crippen molar-refractivity contribution < 1.29 is 37.4 Å². The smallest absolute Gasteiger partial charge is 0.416 e. The standard InChI is InChI=1S/C27H28F3N3O5S2/c1-15(18-14-39-23(22(18)35)16-6-8-17(9-7-16)27(28,29)30)31-32-24(36)19-10-11-20(40-19)25(37)33(5)13-12-21(34)38-26(2,3)4/h6-11,14,35H,12-13H2,1-5H3,(H,32,36). The summed E-state index contributed by atoms with van der Waals surface area (Å²) < 4.78 is 43.7. The SMILES string of the molecule is CC(=NNC(=O)c1ccc(C(=O)N(C)CCC(=O)OC(C)(C)C)s1)c1csc(-c2ccc(C(F)(F)F)cc2)c1O. The minimum Gasteiger partial charge on any atom is -0.506 e. The van der Waals surface area contributed by atoms with Crippen molar-refractivity contribution in [1.82, 2.24) is 10.3 Å². The van der Waals surface area contributed by atoms with Crippen molar-refractivity contribution in [3.05, 3.63) is 62.7 Å². The first kappa shape index (κ1) is 30.8. The van der Waals surface area contributed by atoms with Crippen molar-refractivity contribution >= 4 is 46.2 Å². The fraction of sp³-hybridized carbons (Fsp3) is 0.333. The predicted octanol–water partition coefficient (Wildman–Crippen LogP) is 6.16. The average molecular weight is 596 g/mol. The van der Waals surface area contributed by atoms with E-state index in [1.165, 1.54) is 29.2 Å². The third-order valence-corrected chi connectivity index (χ3v) is 7.50. The number of benzene rings is 1. The van der Waals surface area contributed by atoms with Gasteiger partial charge in [-0.25, -0.2) is 5.43 Å². The zero-order valence-corrected chi connectivity index (χ0v) is 24.0. The van der Waals surface area contributed by atoms with Crippen LogP contribution in [-0.4, -0.2) is 52.7 Å². The monoisotopic (exact) mass is 595 g/mol. The van der Waals surface area contributed by atoms with Gasteiger partial charge in [0.1, 0.15) is 11.4 Å². The Balaban J connectivity index is 1.62. The Kier molecular flexibility index (Phi) is 9.41. The number of carbonyl (C=O) groups is 3. The number of esters is 1. The maximum Gasteiger partial charge on any atom is 0.416 e. The topological polar surface area (TPSA) is 108 Å². The zero-order valence-electron chi connectivity index (χ0n) is 22.4. The van der Waals surface area contributed by atoms with Gasteiger partial charge in [0.25, 0.3) is 11.8 Å². The molecule has 2 aromatic heterocycles. The number of nitrogens with zero attached hydrogens (tertiary/aromatic N) is 2. The van der Waals surface area contributed by atoms with Gasteiger partial charge in [0.15, 0.2) is 0 Å². The highest BCUT2D eigenvalue weighted by atomic mass is 32.1. The lowest BCUT2D eigenvalue weighted by Crippen LogP contribution is -2.31. The Morgan fingerprint density at radius 1 is 1.05 bits per heavy atom. The molecule has 2 N–H and O–H groups in total. The molecule has 0 bridgehead atoms. The minimum atomic E-state index is -4.46. The summed E-state index contributed by atoms with van der Waals surface area (Å²) in [5.41, 5.74) is 1.97. The first-order valence-corrected chi connectivity index (χ1v) is 13.7. The normalized spacial score (nSPS) is 12.2. The zero-order chi connectivity index (χ0) is 29.8. The number of carbonyl (C=O) groups excluding carboxylic acids is 3. The second-order valence-electron chi connectivity index (χ2n) is 9.77. The van der Waals surface area contributed by atoms with Gasteiger partial charge in [-0.1, -0.05) is 12.1 Å². The van der Waals surface area contributed by atoms with E-state index in [2.05, 4.69) is 10.5 Å². The van der Waals surface area contributed by atoms with Crippen molar-refractivity contribution in [2.75, 3.05) is 13.6 Å². The molecule has 0 saturated carbocycles. The second-order valence-corrected chi connectivity index (χ2v) is 11.7. The van der Waals surface area contributed by atoms with E-state index >= 15 is 0 Å². The van der Waals surface area contributed by atoms with Crippen LogP contribution in [0.2, 0.25) is 0 Å². The number of halogens is 3. The number of amides is 2. The first-order valence-electron chi connectivity index (χ1n) is 12.0. The second kappa shape index (κ2) is 12.2. The van der Waals surface area contributed by atoms with Crippen molar-refractivity contribution in [3.63, 3.8) is 0 Å². The van der Waals surface area contributed by atoms with Crippen LogP contribution in [0.1, 0.15) is 64.6 Å².